The lowest BCUT2D eigenvalue weighted by molar-refractivity contribution is 0.301. The molecule has 22 heavy (non-hydrogen) atoms. The molecule has 114 valence electrons. The molecule has 2 aromatic heterocycles. The van der Waals surface area contributed by atoms with E-state index in [4.69, 9.17) is 4.74 Å². The average molecular weight is 314 g/mol. The molecule has 0 spiro atoms. The van der Waals surface area contributed by atoms with Crippen molar-refractivity contribution < 1.29 is 4.74 Å². The van der Waals surface area contributed by atoms with Gasteiger partial charge in [-0.1, -0.05) is 26.0 Å². The summed E-state index contributed by atoms with van der Waals surface area (Å²) in [5.41, 5.74) is 2.78. The third-order valence-corrected chi connectivity index (χ3v) is 4.51. The molecular formula is C17H18N2O2S. The first-order valence-corrected chi connectivity index (χ1v) is 8.12. The third kappa shape index (κ3) is 2.90. The number of hydrogen-bond acceptors (Lipinski definition) is 4. The molecule has 1 aromatic carbocycles. The molecule has 0 unspecified atom stereocenters. The second kappa shape index (κ2) is 5.93. The lowest BCUT2D eigenvalue weighted by Gasteiger charge is -2.08. The van der Waals surface area contributed by atoms with E-state index in [0.29, 0.717) is 23.2 Å². The summed E-state index contributed by atoms with van der Waals surface area (Å²) < 4.78 is 7.35. The van der Waals surface area contributed by atoms with Gasteiger partial charge in [-0.05, 0) is 30.5 Å². The molecule has 2 heterocycles. The van der Waals surface area contributed by atoms with Gasteiger partial charge in [-0.25, -0.2) is 4.98 Å². The van der Waals surface area contributed by atoms with Gasteiger partial charge in [-0.3, -0.25) is 9.20 Å². The molecule has 0 saturated carbocycles. The number of nitrogens with zero attached hydrogens (tertiary/aromatic N) is 2. The minimum Gasteiger partial charge on any atom is -0.487 e. The second-order valence-corrected chi connectivity index (χ2v) is 6.43. The molecule has 0 fully saturated rings. The zero-order valence-corrected chi connectivity index (χ0v) is 13.7. The van der Waals surface area contributed by atoms with Crippen LogP contribution in [0.2, 0.25) is 0 Å². The van der Waals surface area contributed by atoms with Crippen molar-refractivity contribution in [3.05, 3.63) is 63.0 Å². The highest BCUT2D eigenvalue weighted by molar-refractivity contribution is 7.15. The van der Waals surface area contributed by atoms with Crippen molar-refractivity contribution in [3.63, 3.8) is 0 Å². The lowest BCUT2D eigenvalue weighted by atomic mass is 10.0. The van der Waals surface area contributed by atoms with E-state index < -0.39 is 0 Å². The number of aromatic nitrogens is 2. The van der Waals surface area contributed by atoms with Gasteiger partial charge >= 0.3 is 0 Å². The van der Waals surface area contributed by atoms with Gasteiger partial charge in [0, 0.05) is 17.1 Å². The summed E-state index contributed by atoms with van der Waals surface area (Å²) in [5.74, 6) is 1.29. The zero-order valence-electron chi connectivity index (χ0n) is 12.9. The molecule has 0 N–H and O–H groups in total. The Labute approximate surface area is 133 Å². The summed E-state index contributed by atoms with van der Waals surface area (Å²) in [6, 6.07) is 9.57. The molecule has 0 atom stereocenters. The molecule has 3 aromatic rings. The number of rotatable bonds is 4. The van der Waals surface area contributed by atoms with Crippen LogP contribution in [0.15, 0.2) is 40.5 Å². The first-order valence-electron chi connectivity index (χ1n) is 7.24. The number of aryl methyl sites for hydroxylation is 1. The second-order valence-electron chi connectivity index (χ2n) is 5.59. The summed E-state index contributed by atoms with van der Waals surface area (Å²) in [4.78, 5) is 17.3. The maximum atomic E-state index is 12.1. The lowest BCUT2D eigenvalue weighted by Crippen LogP contribution is -2.15. The number of fused-ring (bicyclic) bond motifs is 1. The minimum atomic E-state index is -0.0579. The predicted octanol–water partition coefficient (Wildman–Crippen LogP) is 3.77. The third-order valence-electron chi connectivity index (χ3n) is 3.56. The Morgan fingerprint density at radius 3 is 2.68 bits per heavy atom. The van der Waals surface area contributed by atoms with E-state index in [-0.39, 0.29) is 5.56 Å². The van der Waals surface area contributed by atoms with Crippen molar-refractivity contribution in [1.82, 2.24) is 9.38 Å². The first kappa shape index (κ1) is 14.8. The van der Waals surface area contributed by atoms with E-state index in [0.717, 1.165) is 11.4 Å². The zero-order chi connectivity index (χ0) is 15.7. The van der Waals surface area contributed by atoms with Crippen LogP contribution in [0.1, 0.15) is 36.7 Å². The summed E-state index contributed by atoms with van der Waals surface area (Å²) in [6.07, 6.45) is 0. The summed E-state index contributed by atoms with van der Waals surface area (Å²) >= 11 is 1.47. The smallest absolute Gasteiger partial charge is 0.259 e. The Hall–Kier alpha value is -2.14. The van der Waals surface area contributed by atoms with Gasteiger partial charge < -0.3 is 4.74 Å². The molecule has 0 aliphatic heterocycles. The van der Waals surface area contributed by atoms with Crippen molar-refractivity contribution in [2.45, 2.75) is 33.3 Å². The fourth-order valence-electron chi connectivity index (χ4n) is 2.28. The molecule has 3 rings (SSSR count). The van der Waals surface area contributed by atoms with E-state index >= 15 is 0 Å². The van der Waals surface area contributed by atoms with Crippen LogP contribution in [0.4, 0.5) is 0 Å². The summed E-state index contributed by atoms with van der Waals surface area (Å²) in [7, 11) is 0. The molecule has 0 aliphatic carbocycles. The van der Waals surface area contributed by atoms with Gasteiger partial charge in [-0.2, -0.15) is 0 Å². The number of benzene rings is 1. The van der Waals surface area contributed by atoms with Crippen LogP contribution in [0.3, 0.4) is 0 Å². The van der Waals surface area contributed by atoms with Crippen molar-refractivity contribution >= 4 is 16.3 Å². The maximum Gasteiger partial charge on any atom is 0.259 e. The van der Waals surface area contributed by atoms with Gasteiger partial charge in [-0.15, -0.1) is 11.3 Å². The minimum absolute atomic E-state index is 0.0579. The SMILES string of the molecule is Cc1csc2nc(COc3ccc(C(C)C)cc3)cc(=O)n12. The van der Waals surface area contributed by atoms with Gasteiger partial charge in [0.1, 0.15) is 12.4 Å². The predicted molar refractivity (Wildman–Crippen MR) is 88.9 cm³/mol. The Balaban J connectivity index is 1.77. The highest BCUT2D eigenvalue weighted by Gasteiger charge is 2.07. The number of hydrogen-bond donors (Lipinski definition) is 0. The fraction of sp³-hybridized carbons (Fsp3) is 0.294. The Morgan fingerprint density at radius 1 is 1.27 bits per heavy atom. The molecule has 0 radical (unpaired) electrons. The van der Waals surface area contributed by atoms with E-state index in [1.807, 2.05) is 24.4 Å². The highest BCUT2D eigenvalue weighted by atomic mass is 32.1. The largest absolute Gasteiger partial charge is 0.487 e. The molecule has 4 nitrogen and oxygen atoms in total. The van der Waals surface area contributed by atoms with Crippen molar-refractivity contribution in [3.8, 4) is 5.75 Å². The van der Waals surface area contributed by atoms with E-state index in [1.54, 1.807) is 4.40 Å². The van der Waals surface area contributed by atoms with Gasteiger partial charge in [0.05, 0.1) is 5.69 Å². The van der Waals surface area contributed by atoms with Gasteiger partial charge in [0.15, 0.2) is 4.96 Å². The normalized spacial score (nSPS) is 11.3. The molecule has 0 bridgehead atoms. The topological polar surface area (TPSA) is 43.6 Å². The van der Waals surface area contributed by atoms with Gasteiger partial charge in [0.2, 0.25) is 0 Å². The van der Waals surface area contributed by atoms with Crippen molar-refractivity contribution in [2.24, 2.45) is 0 Å². The van der Waals surface area contributed by atoms with E-state index in [2.05, 4.69) is 31.0 Å². The van der Waals surface area contributed by atoms with Crippen LogP contribution < -0.4 is 10.3 Å². The number of thiazole rings is 1. The van der Waals surface area contributed by atoms with Crippen LogP contribution in [0.5, 0.6) is 5.75 Å². The van der Waals surface area contributed by atoms with Crippen LogP contribution in [-0.2, 0) is 6.61 Å². The highest BCUT2D eigenvalue weighted by Crippen LogP contribution is 2.19. The van der Waals surface area contributed by atoms with Crippen LogP contribution >= 0.6 is 11.3 Å². The molecular weight excluding hydrogens is 296 g/mol. The number of ether oxygens (including phenoxy) is 1. The van der Waals surface area contributed by atoms with Crippen LogP contribution in [0, 0.1) is 6.92 Å². The summed E-state index contributed by atoms with van der Waals surface area (Å²) in [6.45, 7) is 6.51. The Kier molecular flexibility index (Phi) is 3.98. The molecule has 0 amide bonds. The molecule has 0 saturated heterocycles. The Bertz CT molecular complexity index is 847. The first-order chi connectivity index (χ1) is 10.5. The van der Waals surface area contributed by atoms with E-state index in [1.165, 1.54) is 23.0 Å². The average Bonchev–Trinajstić information content (AvgIpc) is 2.87. The fourth-order valence-corrected chi connectivity index (χ4v) is 3.17. The molecule has 0 aliphatic rings. The molecule has 5 heteroatoms. The van der Waals surface area contributed by atoms with E-state index in [9.17, 15) is 4.79 Å². The quantitative estimate of drug-likeness (QED) is 0.736. The van der Waals surface area contributed by atoms with Gasteiger partial charge in [0.25, 0.3) is 5.56 Å². The summed E-state index contributed by atoms with van der Waals surface area (Å²) in [5, 5.41) is 1.93. The van der Waals surface area contributed by atoms with Crippen LogP contribution in [0.25, 0.3) is 4.96 Å². The monoisotopic (exact) mass is 314 g/mol. The standard InChI is InChI=1S/C17H18N2O2S/c1-11(2)13-4-6-15(7-5-13)21-9-14-8-16(20)19-12(3)10-22-17(19)18-14/h4-8,10-11H,9H2,1-3H3. The maximum absolute atomic E-state index is 12.1. The van der Waals surface area contributed by atoms with Crippen molar-refractivity contribution in [2.75, 3.05) is 0 Å². The Morgan fingerprint density at radius 2 is 2.00 bits per heavy atom. The van der Waals surface area contributed by atoms with Crippen LogP contribution in [-0.4, -0.2) is 9.38 Å². The van der Waals surface area contributed by atoms with Crippen molar-refractivity contribution in [1.29, 1.82) is 0 Å².